The van der Waals surface area contributed by atoms with Gasteiger partial charge in [-0.05, 0) is 48.6 Å². The maximum atomic E-state index is 13.7. The first-order valence-electron chi connectivity index (χ1n) is 7.79. The first-order chi connectivity index (χ1) is 10.3. The molecule has 1 aliphatic heterocycles. The van der Waals surface area contributed by atoms with Crippen molar-refractivity contribution in [2.75, 3.05) is 6.54 Å². The van der Waals surface area contributed by atoms with Gasteiger partial charge in [0, 0.05) is 12.0 Å². The summed E-state index contributed by atoms with van der Waals surface area (Å²) >= 11 is 0. The lowest BCUT2D eigenvalue weighted by Gasteiger charge is -2.30. The monoisotopic (exact) mass is 283 g/mol. The lowest BCUT2D eigenvalue weighted by atomic mass is 9.77. The van der Waals surface area contributed by atoms with Crippen LogP contribution < -0.4 is 5.32 Å². The molecule has 2 heteroatoms. The van der Waals surface area contributed by atoms with Crippen LogP contribution in [0.25, 0.3) is 0 Å². The highest BCUT2D eigenvalue weighted by Gasteiger charge is 2.30. The number of halogens is 1. The average Bonchev–Trinajstić information content (AvgIpc) is 3.03. The second-order valence-electron chi connectivity index (χ2n) is 6.01. The van der Waals surface area contributed by atoms with Gasteiger partial charge in [-0.1, -0.05) is 49.4 Å². The van der Waals surface area contributed by atoms with E-state index in [0.29, 0.717) is 12.0 Å². The van der Waals surface area contributed by atoms with Gasteiger partial charge in [0.05, 0.1) is 0 Å². The Morgan fingerprint density at radius 2 is 1.81 bits per heavy atom. The van der Waals surface area contributed by atoms with Crippen LogP contribution in [0.2, 0.25) is 0 Å². The van der Waals surface area contributed by atoms with Crippen LogP contribution in [0.1, 0.15) is 36.8 Å². The fourth-order valence-corrected chi connectivity index (χ4v) is 3.55. The second kappa shape index (κ2) is 6.40. The molecular weight excluding hydrogens is 261 g/mol. The van der Waals surface area contributed by atoms with Crippen molar-refractivity contribution in [2.45, 2.75) is 31.7 Å². The van der Waals surface area contributed by atoms with E-state index < -0.39 is 0 Å². The summed E-state index contributed by atoms with van der Waals surface area (Å²) in [5.74, 6) is 0.522. The fourth-order valence-electron chi connectivity index (χ4n) is 3.55. The van der Waals surface area contributed by atoms with E-state index in [1.54, 1.807) is 6.07 Å². The summed E-state index contributed by atoms with van der Waals surface area (Å²) in [5, 5.41) is 3.60. The normalized spacial score (nSPS) is 21.1. The molecule has 0 unspecified atom stereocenters. The maximum Gasteiger partial charge on any atom is 0.123 e. The third-order valence-corrected chi connectivity index (χ3v) is 4.63. The summed E-state index contributed by atoms with van der Waals surface area (Å²) in [6, 6.07) is 18.0. The van der Waals surface area contributed by atoms with E-state index in [-0.39, 0.29) is 11.7 Å². The number of rotatable bonds is 4. The molecule has 1 aliphatic rings. The Morgan fingerprint density at radius 1 is 1.05 bits per heavy atom. The van der Waals surface area contributed by atoms with Crippen molar-refractivity contribution in [2.24, 2.45) is 5.92 Å². The molecule has 0 radical (unpaired) electrons. The topological polar surface area (TPSA) is 12.0 Å². The van der Waals surface area contributed by atoms with Crippen molar-refractivity contribution >= 4 is 0 Å². The van der Waals surface area contributed by atoms with E-state index in [1.807, 2.05) is 18.2 Å². The minimum absolute atomic E-state index is 0.153. The molecule has 1 saturated heterocycles. The van der Waals surface area contributed by atoms with Crippen molar-refractivity contribution in [3.63, 3.8) is 0 Å². The molecule has 0 spiro atoms. The first-order valence-corrected chi connectivity index (χ1v) is 7.79. The van der Waals surface area contributed by atoms with Crippen molar-refractivity contribution < 1.29 is 4.39 Å². The minimum atomic E-state index is -0.153. The molecular formula is C19H22FN. The Labute approximate surface area is 126 Å². The van der Waals surface area contributed by atoms with E-state index in [0.717, 1.165) is 12.1 Å². The SMILES string of the molecule is C[C@H]([C@H](c1ccccc1)c1cccc(F)c1)[C@H]1CCCN1. The van der Waals surface area contributed by atoms with Crippen LogP contribution in [0.3, 0.4) is 0 Å². The number of benzene rings is 2. The molecule has 0 aromatic heterocycles. The largest absolute Gasteiger partial charge is 0.314 e. The molecule has 2 aromatic rings. The summed E-state index contributed by atoms with van der Waals surface area (Å²) in [7, 11) is 0. The molecule has 21 heavy (non-hydrogen) atoms. The van der Waals surface area contributed by atoms with Gasteiger partial charge in [-0.25, -0.2) is 4.39 Å². The minimum Gasteiger partial charge on any atom is -0.314 e. The molecule has 0 aliphatic carbocycles. The summed E-state index contributed by atoms with van der Waals surface area (Å²) in [5.41, 5.74) is 2.34. The Hall–Kier alpha value is -1.67. The van der Waals surface area contributed by atoms with E-state index in [9.17, 15) is 4.39 Å². The number of hydrogen-bond donors (Lipinski definition) is 1. The van der Waals surface area contributed by atoms with Crippen molar-refractivity contribution in [1.29, 1.82) is 0 Å². The zero-order valence-corrected chi connectivity index (χ0v) is 12.4. The molecule has 0 bridgehead atoms. The molecule has 1 fully saturated rings. The van der Waals surface area contributed by atoms with Crippen LogP contribution in [0, 0.1) is 11.7 Å². The van der Waals surface area contributed by atoms with Gasteiger partial charge in [0.2, 0.25) is 0 Å². The third-order valence-electron chi connectivity index (χ3n) is 4.63. The van der Waals surface area contributed by atoms with E-state index in [1.165, 1.54) is 24.5 Å². The maximum absolute atomic E-state index is 13.7. The lowest BCUT2D eigenvalue weighted by Crippen LogP contribution is -2.33. The molecule has 3 atom stereocenters. The lowest BCUT2D eigenvalue weighted by molar-refractivity contribution is 0.381. The first kappa shape index (κ1) is 14.3. The van der Waals surface area contributed by atoms with Gasteiger partial charge in [0.15, 0.2) is 0 Å². The van der Waals surface area contributed by atoms with Crippen molar-refractivity contribution in [1.82, 2.24) is 5.32 Å². The summed E-state index contributed by atoms with van der Waals surface area (Å²) in [6.07, 6.45) is 2.44. The number of nitrogens with one attached hydrogen (secondary N) is 1. The quantitative estimate of drug-likeness (QED) is 0.880. The van der Waals surface area contributed by atoms with Crippen LogP contribution in [0.5, 0.6) is 0 Å². The molecule has 2 aromatic carbocycles. The van der Waals surface area contributed by atoms with Crippen LogP contribution in [-0.2, 0) is 0 Å². The zero-order chi connectivity index (χ0) is 14.7. The van der Waals surface area contributed by atoms with Crippen LogP contribution >= 0.6 is 0 Å². The Kier molecular flexibility index (Phi) is 4.35. The second-order valence-corrected chi connectivity index (χ2v) is 6.01. The van der Waals surface area contributed by atoms with Gasteiger partial charge in [0.1, 0.15) is 5.82 Å². The summed E-state index contributed by atoms with van der Waals surface area (Å²) < 4.78 is 13.7. The highest BCUT2D eigenvalue weighted by molar-refractivity contribution is 5.34. The Balaban J connectivity index is 1.98. The fraction of sp³-hybridized carbons (Fsp3) is 0.368. The van der Waals surface area contributed by atoms with E-state index in [4.69, 9.17) is 0 Å². The molecule has 1 nitrogen and oxygen atoms in total. The Morgan fingerprint density at radius 3 is 2.48 bits per heavy atom. The van der Waals surface area contributed by atoms with Gasteiger partial charge in [0.25, 0.3) is 0 Å². The van der Waals surface area contributed by atoms with Crippen LogP contribution in [0.4, 0.5) is 4.39 Å². The van der Waals surface area contributed by atoms with Gasteiger partial charge in [-0.3, -0.25) is 0 Å². The summed E-state index contributed by atoms with van der Waals surface area (Å²) in [4.78, 5) is 0. The Bertz CT molecular complexity index is 575. The van der Waals surface area contributed by atoms with Crippen LogP contribution in [0.15, 0.2) is 54.6 Å². The molecule has 3 rings (SSSR count). The highest BCUT2D eigenvalue weighted by atomic mass is 19.1. The van der Waals surface area contributed by atoms with Gasteiger partial charge in [-0.15, -0.1) is 0 Å². The third kappa shape index (κ3) is 3.16. The van der Waals surface area contributed by atoms with Gasteiger partial charge >= 0.3 is 0 Å². The smallest absolute Gasteiger partial charge is 0.123 e. The van der Waals surface area contributed by atoms with E-state index >= 15 is 0 Å². The van der Waals surface area contributed by atoms with Crippen LogP contribution in [-0.4, -0.2) is 12.6 Å². The highest BCUT2D eigenvalue weighted by Crippen LogP contribution is 2.36. The summed E-state index contributed by atoms with van der Waals surface area (Å²) in [6.45, 7) is 3.38. The standard InChI is InChI=1S/C19H22FN/c1-14(18-11-6-12-21-18)19(15-7-3-2-4-8-15)16-9-5-10-17(20)13-16/h2-5,7-10,13-14,18-19,21H,6,11-12H2,1H3/t14-,18+,19+/m0/s1. The molecule has 0 saturated carbocycles. The molecule has 1 N–H and O–H groups in total. The number of hydrogen-bond acceptors (Lipinski definition) is 1. The predicted molar refractivity (Wildman–Crippen MR) is 84.9 cm³/mol. The zero-order valence-electron chi connectivity index (χ0n) is 12.4. The predicted octanol–water partition coefficient (Wildman–Crippen LogP) is 4.35. The van der Waals surface area contributed by atoms with Gasteiger partial charge in [-0.2, -0.15) is 0 Å². The van der Waals surface area contributed by atoms with E-state index in [2.05, 4.69) is 36.5 Å². The van der Waals surface area contributed by atoms with Crippen molar-refractivity contribution in [3.05, 3.63) is 71.5 Å². The van der Waals surface area contributed by atoms with Crippen molar-refractivity contribution in [3.8, 4) is 0 Å². The molecule has 1 heterocycles. The average molecular weight is 283 g/mol. The molecule has 0 amide bonds. The molecule has 110 valence electrons. The van der Waals surface area contributed by atoms with Gasteiger partial charge < -0.3 is 5.32 Å².